The van der Waals surface area contributed by atoms with Crippen LogP contribution in [0.5, 0.6) is 5.88 Å². The van der Waals surface area contributed by atoms with E-state index in [0.717, 1.165) is 43.7 Å². The minimum absolute atomic E-state index is 0.0161. The molecular formula is C29H32F3N3O3. The monoisotopic (exact) mass is 527 g/mol. The summed E-state index contributed by atoms with van der Waals surface area (Å²) in [5.41, 5.74) is 1.34. The third-order valence-corrected chi connectivity index (χ3v) is 8.02. The molecule has 1 amide bonds. The SMILES string of the molecule is COc1ccc(C(=O)NC(CC2(C)COC2)C2CCC(c3ccnc4ccc(C(F)(F)F)cc34)CC2)cn1. The maximum Gasteiger partial charge on any atom is 0.416 e. The molecule has 1 aromatic carbocycles. The van der Waals surface area contributed by atoms with E-state index in [0.29, 0.717) is 35.6 Å². The summed E-state index contributed by atoms with van der Waals surface area (Å²) in [4.78, 5) is 21.6. The first-order valence-electron chi connectivity index (χ1n) is 13.0. The number of nitrogens with zero attached hydrogens (tertiary/aromatic N) is 2. The fourth-order valence-electron chi connectivity index (χ4n) is 5.85. The molecule has 1 aliphatic carbocycles. The van der Waals surface area contributed by atoms with Gasteiger partial charge in [0, 0.05) is 35.3 Å². The Kier molecular flexibility index (Phi) is 7.31. The Labute approximate surface area is 220 Å². The van der Waals surface area contributed by atoms with E-state index in [-0.39, 0.29) is 29.2 Å². The first kappa shape index (κ1) is 26.4. The van der Waals surface area contributed by atoms with Crippen LogP contribution in [0, 0.1) is 11.3 Å². The van der Waals surface area contributed by atoms with Gasteiger partial charge in [0.2, 0.25) is 5.88 Å². The Morgan fingerprint density at radius 2 is 1.89 bits per heavy atom. The van der Waals surface area contributed by atoms with Crippen molar-refractivity contribution in [1.29, 1.82) is 0 Å². The number of ether oxygens (including phenoxy) is 2. The lowest BCUT2D eigenvalue weighted by molar-refractivity contribution is -0.137. The van der Waals surface area contributed by atoms with Crippen molar-refractivity contribution >= 4 is 16.8 Å². The van der Waals surface area contributed by atoms with Crippen LogP contribution in [0.15, 0.2) is 48.8 Å². The molecule has 5 rings (SSSR count). The maximum atomic E-state index is 13.4. The summed E-state index contributed by atoms with van der Waals surface area (Å²) in [6, 6.07) is 8.96. The van der Waals surface area contributed by atoms with Crippen molar-refractivity contribution < 1.29 is 27.4 Å². The molecule has 2 fully saturated rings. The molecule has 2 aromatic heterocycles. The maximum absolute atomic E-state index is 13.4. The number of hydrogen-bond acceptors (Lipinski definition) is 5. The largest absolute Gasteiger partial charge is 0.481 e. The molecule has 1 saturated carbocycles. The average Bonchev–Trinajstić information content (AvgIpc) is 2.90. The quantitative estimate of drug-likeness (QED) is 0.399. The van der Waals surface area contributed by atoms with E-state index >= 15 is 0 Å². The standard InChI is InChI=1S/C29H32F3N3O3/c1-28(16-38-17-28)14-25(35-27(36)20-7-10-26(37-2)34-15-20)19-5-3-18(4-6-19)22-11-12-33-24-9-8-21(13-23(22)24)29(30,31)32/h7-13,15,18-19,25H,3-6,14,16-17H2,1-2H3,(H,35,36). The number of aromatic nitrogens is 2. The van der Waals surface area contributed by atoms with Crippen molar-refractivity contribution in [3.8, 4) is 5.88 Å². The van der Waals surface area contributed by atoms with Gasteiger partial charge in [-0.3, -0.25) is 9.78 Å². The van der Waals surface area contributed by atoms with Crippen LogP contribution in [-0.4, -0.2) is 42.2 Å². The van der Waals surface area contributed by atoms with Crippen molar-refractivity contribution in [3.63, 3.8) is 0 Å². The third kappa shape index (κ3) is 5.62. The lowest BCUT2D eigenvalue weighted by atomic mass is 9.71. The van der Waals surface area contributed by atoms with Gasteiger partial charge in [0.15, 0.2) is 0 Å². The fraction of sp³-hybridized carbons (Fsp3) is 0.483. The molecular weight excluding hydrogens is 495 g/mol. The Balaban J connectivity index is 1.32. The third-order valence-electron chi connectivity index (χ3n) is 8.02. The summed E-state index contributed by atoms with van der Waals surface area (Å²) < 4.78 is 50.7. The molecule has 1 atom stereocenters. The van der Waals surface area contributed by atoms with Gasteiger partial charge in [0.25, 0.3) is 5.91 Å². The van der Waals surface area contributed by atoms with Crippen molar-refractivity contribution in [3.05, 3.63) is 65.5 Å². The highest BCUT2D eigenvalue weighted by Crippen LogP contribution is 2.43. The van der Waals surface area contributed by atoms with Crippen molar-refractivity contribution in [2.45, 2.75) is 57.2 Å². The zero-order chi connectivity index (χ0) is 26.9. The molecule has 0 spiro atoms. The molecule has 1 unspecified atom stereocenters. The second-order valence-corrected chi connectivity index (χ2v) is 10.9. The summed E-state index contributed by atoms with van der Waals surface area (Å²) in [5, 5.41) is 3.83. The molecule has 3 heterocycles. The van der Waals surface area contributed by atoms with E-state index in [2.05, 4.69) is 22.2 Å². The second kappa shape index (κ2) is 10.5. The number of halogens is 3. The van der Waals surface area contributed by atoms with Crippen molar-refractivity contribution in [1.82, 2.24) is 15.3 Å². The zero-order valence-corrected chi connectivity index (χ0v) is 21.6. The molecule has 2 aliphatic rings. The molecule has 0 radical (unpaired) electrons. The van der Waals surface area contributed by atoms with Crippen LogP contribution < -0.4 is 10.1 Å². The van der Waals surface area contributed by atoms with Crippen LogP contribution in [0.2, 0.25) is 0 Å². The van der Waals surface area contributed by atoms with Crippen LogP contribution in [0.1, 0.15) is 66.4 Å². The minimum atomic E-state index is -4.40. The van der Waals surface area contributed by atoms with E-state index < -0.39 is 11.7 Å². The number of amides is 1. The van der Waals surface area contributed by atoms with E-state index in [9.17, 15) is 18.0 Å². The van der Waals surface area contributed by atoms with Gasteiger partial charge in [-0.25, -0.2) is 4.98 Å². The van der Waals surface area contributed by atoms with Gasteiger partial charge in [-0.05, 0) is 79.8 Å². The summed E-state index contributed by atoms with van der Waals surface area (Å²) in [6.07, 6.45) is 3.02. The number of alkyl halides is 3. The van der Waals surface area contributed by atoms with E-state index in [1.165, 1.54) is 25.4 Å². The molecule has 3 aromatic rings. The van der Waals surface area contributed by atoms with Crippen LogP contribution in [0.3, 0.4) is 0 Å². The predicted octanol–water partition coefficient (Wildman–Crippen LogP) is 6.16. The van der Waals surface area contributed by atoms with Gasteiger partial charge >= 0.3 is 6.18 Å². The molecule has 38 heavy (non-hydrogen) atoms. The Morgan fingerprint density at radius 1 is 1.13 bits per heavy atom. The summed E-state index contributed by atoms with van der Waals surface area (Å²) in [7, 11) is 1.53. The number of nitrogens with one attached hydrogen (secondary N) is 1. The number of methoxy groups -OCH3 is 1. The first-order chi connectivity index (χ1) is 18.1. The van der Waals surface area contributed by atoms with Gasteiger partial charge in [0.1, 0.15) is 0 Å². The molecule has 1 saturated heterocycles. The number of carbonyl (C=O) groups excluding carboxylic acids is 1. The summed E-state index contributed by atoms with van der Waals surface area (Å²) in [6.45, 7) is 3.52. The van der Waals surface area contributed by atoms with Crippen LogP contribution in [0.4, 0.5) is 13.2 Å². The van der Waals surface area contributed by atoms with Gasteiger partial charge in [-0.15, -0.1) is 0 Å². The predicted molar refractivity (Wildman–Crippen MR) is 137 cm³/mol. The number of benzene rings is 1. The van der Waals surface area contributed by atoms with E-state index in [4.69, 9.17) is 9.47 Å². The van der Waals surface area contributed by atoms with Crippen LogP contribution >= 0.6 is 0 Å². The first-order valence-corrected chi connectivity index (χ1v) is 13.0. The summed E-state index contributed by atoms with van der Waals surface area (Å²) in [5.74, 6) is 0.681. The number of pyridine rings is 2. The highest BCUT2D eigenvalue weighted by molar-refractivity contribution is 5.94. The lowest BCUT2D eigenvalue weighted by Crippen LogP contribution is -2.50. The lowest BCUT2D eigenvalue weighted by Gasteiger charge is -2.44. The highest BCUT2D eigenvalue weighted by Gasteiger charge is 2.40. The number of hydrogen-bond donors (Lipinski definition) is 1. The molecule has 9 heteroatoms. The number of rotatable bonds is 7. The number of carbonyl (C=O) groups is 1. The average molecular weight is 528 g/mol. The van der Waals surface area contributed by atoms with E-state index in [1.54, 1.807) is 18.3 Å². The molecule has 0 bridgehead atoms. The molecule has 6 nitrogen and oxygen atoms in total. The topological polar surface area (TPSA) is 73.3 Å². The minimum Gasteiger partial charge on any atom is -0.481 e. The van der Waals surface area contributed by atoms with Gasteiger partial charge in [-0.2, -0.15) is 13.2 Å². The van der Waals surface area contributed by atoms with Crippen LogP contribution in [0.25, 0.3) is 10.9 Å². The Hall–Kier alpha value is -3.20. The fourth-order valence-corrected chi connectivity index (χ4v) is 5.85. The second-order valence-electron chi connectivity index (χ2n) is 10.9. The molecule has 1 N–H and O–H groups in total. The van der Waals surface area contributed by atoms with Crippen molar-refractivity contribution in [2.24, 2.45) is 11.3 Å². The van der Waals surface area contributed by atoms with Gasteiger partial charge in [-0.1, -0.05) is 6.92 Å². The molecule has 202 valence electrons. The van der Waals surface area contributed by atoms with Crippen LogP contribution in [-0.2, 0) is 10.9 Å². The Bertz CT molecular complexity index is 1280. The summed E-state index contributed by atoms with van der Waals surface area (Å²) >= 11 is 0. The highest BCUT2D eigenvalue weighted by atomic mass is 19.4. The molecule has 1 aliphatic heterocycles. The number of fused-ring (bicyclic) bond motifs is 1. The van der Waals surface area contributed by atoms with E-state index in [1.807, 2.05) is 6.07 Å². The zero-order valence-electron chi connectivity index (χ0n) is 21.6. The van der Waals surface area contributed by atoms with Gasteiger partial charge in [0.05, 0.1) is 37.0 Å². The smallest absolute Gasteiger partial charge is 0.416 e. The normalized spacial score (nSPS) is 21.9. The Morgan fingerprint density at radius 3 is 2.50 bits per heavy atom. The van der Waals surface area contributed by atoms with Gasteiger partial charge < -0.3 is 14.8 Å². The van der Waals surface area contributed by atoms with Crippen molar-refractivity contribution in [2.75, 3.05) is 20.3 Å².